The van der Waals surface area contributed by atoms with E-state index in [0.29, 0.717) is 24.4 Å². The summed E-state index contributed by atoms with van der Waals surface area (Å²) in [5.41, 5.74) is 1.32. The molecule has 190 valence electrons. The molecular weight excluding hydrogens is 469 g/mol. The summed E-state index contributed by atoms with van der Waals surface area (Å²) < 4.78 is 50.0. The minimum absolute atomic E-state index is 0.0282. The van der Waals surface area contributed by atoms with Crippen LogP contribution in [0.5, 0.6) is 5.75 Å². The van der Waals surface area contributed by atoms with Crippen molar-refractivity contribution in [3.8, 4) is 17.0 Å². The monoisotopic (exact) mass is 498 g/mol. The third-order valence-electron chi connectivity index (χ3n) is 6.83. The van der Waals surface area contributed by atoms with E-state index in [4.69, 9.17) is 4.74 Å². The molecule has 0 spiro atoms. The van der Waals surface area contributed by atoms with Gasteiger partial charge in [0.1, 0.15) is 18.1 Å². The molecule has 2 aliphatic rings. The lowest BCUT2D eigenvalue weighted by atomic mass is 9.90. The Hall–Kier alpha value is -3.40. The maximum Gasteiger partial charge on any atom is 0.229 e. The third-order valence-corrected chi connectivity index (χ3v) is 6.83. The molecule has 0 amide bonds. The van der Waals surface area contributed by atoms with Gasteiger partial charge in [0.25, 0.3) is 0 Å². The number of halogens is 3. The number of pyridine rings is 1. The van der Waals surface area contributed by atoms with Crippen LogP contribution in [0.1, 0.15) is 38.2 Å². The van der Waals surface area contributed by atoms with Crippen LogP contribution in [-0.2, 0) is 0 Å². The van der Waals surface area contributed by atoms with Crippen molar-refractivity contribution in [2.75, 3.05) is 43.5 Å². The molecule has 10 heteroatoms. The van der Waals surface area contributed by atoms with Crippen molar-refractivity contribution in [2.45, 2.75) is 38.6 Å². The molecule has 2 aromatic heterocycles. The van der Waals surface area contributed by atoms with Gasteiger partial charge in [-0.05, 0) is 70.9 Å². The zero-order valence-electron chi connectivity index (χ0n) is 20.6. The van der Waals surface area contributed by atoms with Crippen LogP contribution in [0.25, 0.3) is 11.3 Å². The number of benzene rings is 1. The highest BCUT2D eigenvalue weighted by Gasteiger charge is 2.26. The summed E-state index contributed by atoms with van der Waals surface area (Å²) in [5.74, 6) is -1.32. The van der Waals surface area contributed by atoms with Crippen LogP contribution < -0.4 is 15.0 Å². The number of hydrogen-bond donors (Lipinski definition) is 1. The first-order valence-electron chi connectivity index (χ1n) is 12.2. The Morgan fingerprint density at radius 1 is 1.03 bits per heavy atom. The molecule has 2 aliphatic heterocycles. The van der Waals surface area contributed by atoms with Crippen LogP contribution in [0.15, 0.2) is 30.5 Å². The fourth-order valence-corrected chi connectivity index (χ4v) is 4.86. The molecule has 36 heavy (non-hydrogen) atoms. The van der Waals surface area contributed by atoms with Gasteiger partial charge in [0, 0.05) is 17.2 Å². The van der Waals surface area contributed by atoms with Crippen LogP contribution >= 0.6 is 0 Å². The number of likely N-dealkylation sites (tertiary alicyclic amines) is 1. The van der Waals surface area contributed by atoms with Gasteiger partial charge in [-0.25, -0.2) is 23.7 Å². The Morgan fingerprint density at radius 3 is 2.53 bits per heavy atom. The molecule has 0 bridgehead atoms. The van der Waals surface area contributed by atoms with E-state index in [-0.39, 0.29) is 40.7 Å². The van der Waals surface area contributed by atoms with Gasteiger partial charge in [0.2, 0.25) is 11.9 Å². The number of rotatable bonds is 5. The molecular formula is C26H29F3N6O. The Bertz CT molecular complexity index is 1260. The van der Waals surface area contributed by atoms with E-state index >= 15 is 0 Å². The average Bonchev–Trinajstić information content (AvgIpc) is 2.85. The molecule has 1 saturated heterocycles. The Labute approximate surface area is 208 Å². The summed E-state index contributed by atoms with van der Waals surface area (Å²) >= 11 is 0. The van der Waals surface area contributed by atoms with Crippen molar-refractivity contribution in [1.82, 2.24) is 19.9 Å². The van der Waals surface area contributed by atoms with E-state index < -0.39 is 17.6 Å². The molecule has 5 rings (SSSR count). The second-order valence-corrected chi connectivity index (χ2v) is 9.61. The zero-order chi connectivity index (χ0) is 25.4. The molecule has 0 radical (unpaired) electrons. The summed E-state index contributed by atoms with van der Waals surface area (Å²) in [5, 5.41) is 2.85. The smallest absolute Gasteiger partial charge is 0.229 e. The number of fused-ring (bicyclic) bond motifs is 1. The maximum atomic E-state index is 14.9. The van der Waals surface area contributed by atoms with E-state index in [1.807, 2.05) is 18.7 Å². The predicted molar refractivity (Wildman–Crippen MR) is 132 cm³/mol. The zero-order valence-corrected chi connectivity index (χ0v) is 20.6. The summed E-state index contributed by atoms with van der Waals surface area (Å²) in [6, 6.07) is 6.37. The summed E-state index contributed by atoms with van der Waals surface area (Å²) in [7, 11) is 2.06. The number of nitrogens with one attached hydrogen (secondary N) is 1. The highest BCUT2D eigenvalue weighted by molar-refractivity contribution is 5.73. The molecule has 0 saturated carbocycles. The minimum atomic E-state index is -0.704. The van der Waals surface area contributed by atoms with Gasteiger partial charge >= 0.3 is 0 Å². The van der Waals surface area contributed by atoms with E-state index in [2.05, 4.69) is 32.2 Å². The largest absolute Gasteiger partial charge is 0.486 e. The van der Waals surface area contributed by atoms with Crippen LogP contribution in [0.3, 0.4) is 0 Å². The predicted octanol–water partition coefficient (Wildman–Crippen LogP) is 5.12. The van der Waals surface area contributed by atoms with E-state index in [0.717, 1.165) is 32.1 Å². The number of piperidine rings is 1. The average molecular weight is 499 g/mol. The second-order valence-electron chi connectivity index (χ2n) is 9.61. The maximum absolute atomic E-state index is 14.9. The van der Waals surface area contributed by atoms with Crippen molar-refractivity contribution in [3.63, 3.8) is 0 Å². The Balaban J connectivity index is 1.41. The minimum Gasteiger partial charge on any atom is -0.486 e. The standard InChI is InChI=1S/C26H29F3N6O/c1-15(2)35-10-11-36-24-19(27)12-17(13-21(24)35)23-20(28)14-30-26(33-23)32-22-5-4-18(25(29)31-22)16-6-8-34(3)9-7-16/h4-5,12-16H,6-11H2,1-3H3,(H,30,31,32,33). The number of nitrogens with zero attached hydrogens (tertiary/aromatic N) is 5. The summed E-state index contributed by atoms with van der Waals surface area (Å²) in [4.78, 5) is 16.5. The summed E-state index contributed by atoms with van der Waals surface area (Å²) in [6.45, 7) is 6.80. The van der Waals surface area contributed by atoms with Crippen molar-refractivity contribution >= 4 is 17.5 Å². The lowest BCUT2D eigenvalue weighted by Gasteiger charge is -2.34. The van der Waals surface area contributed by atoms with E-state index in [1.165, 1.54) is 6.07 Å². The van der Waals surface area contributed by atoms with E-state index in [1.54, 1.807) is 18.2 Å². The fraction of sp³-hybridized carbons (Fsp3) is 0.423. The number of aromatic nitrogens is 3. The number of hydrogen-bond acceptors (Lipinski definition) is 7. The third kappa shape index (κ3) is 4.82. The molecule has 0 aliphatic carbocycles. The summed E-state index contributed by atoms with van der Waals surface area (Å²) in [6.07, 6.45) is 2.76. The molecule has 4 heterocycles. The first-order chi connectivity index (χ1) is 17.3. The van der Waals surface area contributed by atoms with Gasteiger partial charge in [-0.2, -0.15) is 4.39 Å². The molecule has 0 unspecified atom stereocenters. The molecule has 0 atom stereocenters. The Kier molecular flexibility index (Phi) is 6.70. The van der Waals surface area contributed by atoms with Gasteiger partial charge in [0.15, 0.2) is 17.4 Å². The van der Waals surface area contributed by atoms with Crippen LogP contribution in [-0.4, -0.2) is 59.2 Å². The van der Waals surface area contributed by atoms with Gasteiger partial charge in [-0.3, -0.25) is 0 Å². The van der Waals surface area contributed by atoms with Crippen molar-refractivity contribution in [3.05, 3.63) is 53.6 Å². The van der Waals surface area contributed by atoms with Gasteiger partial charge in [-0.1, -0.05) is 6.07 Å². The Morgan fingerprint density at radius 2 is 1.81 bits per heavy atom. The SMILES string of the molecule is CC(C)N1CCOc2c(F)cc(-c3nc(Nc4ccc(C5CCN(C)CC5)c(F)n4)ncc3F)cc21. The highest BCUT2D eigenvalue weighted by atomic mass is 19.1. The normalized spacial score (nSPS) is 16.7. The lowest BCUT2D eigenvalue weighted by molar-refractivity contribution is 0.252. The highest BCUT2D eigenvalue weighted by Crippen LogP contribution is 2.39. The van der Waals surface area contributed by atoms with Crippen molar-refractivity contribution in [1.29, 1.82) is 0 Å². The van der Waals surface area contributed by atoms with E-state index in [9.17, 15) is 13.2 Å². The first-order valence-corrected chi connectivity index (χ1v) is 12.2. The van der Waals surface area contributed by atoms with Crippen molar-refractivity contribution in [2.24, 2.45) is 0 Å². The lowest BCUT2D eigenvalue weighted by Crippen LogP contribution is -2.38. The quantitative estimate of drug-likeness (QED) is 0.490. The van der Waals surface area contributed by atoms with Crippen LogP contribution in [0.4, 0.5) is 30.6 Å². The molecule has 1 fully saturated rings. The molecule has 1 N–H and O–H groups in total. The van der Waals surface area contributed by atoms with Crippen molar-refractivity contribution < 1.29 is 17.9 Å². The number of anilines is 3. The second kappa shape index (κ2) is 9.93. The molecule has 1 aromatic carbocycles. The first kappa shape index (κ1) is 24.3. The van der Waals surface area contributed by atoms with Gasteiger partial charge in [0.05, 0.1) is 18.4 Å². The topological polar surface area (TPSA) is 66.4 Å². The van der Waals surface area contributed by atoms with Gasteiger partial charge in [-0.15, -0.1) is 0 Å². The molecule has 3 aromatic rings. The number of ether oxygens (including phenoxy) is 1. The van der Waals surface area contributed by atoms with Crippen LogP contribution in [0.2, 0.25) is 0 Å². The fourth-order valence-electron chi connectivity index (χ4n) is 4.86. The van der Waals surface area contributed by atoms with Gasteiger partial charge < -0.3 is 19.9 Å². The van der Waals surface area contributed by atoms with Crippen LogP contribution in [0, 0.1) is 17.6 Å². The molecule has 7 nitrogen and oxygen atoms in total.